The Kier molecular flexibility index (Phi) is 2.00. The first-order valence-electron chi connectivity index (χ1n) is 2.96. The van der Waals surface area contributed by atoms with Crippen LogP contribution in [0.4, 0.5) is 5.82 Å². The molecule has 0 atom stereocenters. The summed E-state index contributed by atoms with van der Waals surface area (Å²) in [5.74, 6) is 0.666. The standard InChI is InChI=1S/C6H7N3O2/c1-9-2-5(7-4-11)8-6(9)3-10/h2-4H,1H3,(H,7,11). The van der Waals surface area contributed by atoms with Crippen LogP contribution in [0.3, 0.4) is 0 Å². The lowest BCUT2D eigenvalue weighted by Crippen LogP contribution is -1.93. The third-order valence-electron chi connectivity index (χ3n) is 1.22. The predicted molar refractivity (Wildman–Crippen MR) is 38.3 cm³/mol. The van der Waals surface area contributed by atoms with Crippen molar-refractivity contribution in [2.24, 2.45) is 7.05 Å². The number of anilines is 1. The molecule has 0 saturated carbocycles. The van der Waals surface area contributed by atoms with Gasteiger partial charge in [-0.05, 0) is 0 Å². The highest BCUT2D eigenvalue weighted by atomic mass is 16.1. The molecule has 0 unspecified atom stereocenters. The lowest BCUT2D eigenvalue weighted by molar-refractivity contribution is -0.105. The Balaban J connectivity index is 2.94. The van der Waals surface area contributed by atoms with Crippen molar-refractivity contribution in [2.75, 3.05) is 5.32 Å². The maximum absolute atomic E-state index is 10.2. The van der Waals surface area contributed by atoms with Crippen molar-refractivity contribution < 1.29 is 9.59 Å². The summed E-state index contributed by atoms with van der Waals surface area (Å²) in [6.45, 7) is 0. The molecule has 1 aromatic rings. The van der Waals surface area contributed by atoms with Crippen LogP contribution in [0.2, 0.25) is 0 Å². The van der Waals surface area contributed by atoms with E-state index in [9.17, 15) is 9.59 Å². The number of hydrogen-bond acceptors (Lipinski definition) is 3. The van der Waals surface area contributed by atoms with E-state index in [1.54, 1.807) is 13.2 Å². The molecule has 0 radical (unpaired) electrons. The normalized spacial score (nSPS) is 9.18. The topological polar surface area (TPSA) is 64.0 Å². The van der Waals surface area contributed by atoms with Crippen molar-refractivity contribution in [3.63, 3.8) is 0 Å². The second-order valence-electron chi connectivity index (χ2n) is 1.98. The Bertz CT molecular complexity index is 279. The molecule has 0 aliphatic carbocycles. The van der Waals surface area contributed by atoms with Crippen molar-refractivity contribution in [3.05, 3.63) is 12.0 Å². The summed E-state index contributed by atoms with van der Waals surface area (Å²) in [5, 5.41) is 2.33. The van der Waals surface area contributed by atoms with Crippen molar-refractivity contribution >= 4 is 18.5 Å². The number of carbonyl (C=O) groups is 2. The predicted octanol–water partition coefficient (Wildman–Crippen LogP) is -0.199. The molecule has 0 bridgehead atoms. The van der Waals surface area contributed by atoms with Crippen LogP contribution in [0, 0.1) is 0 Å². The molecule has 5 nitrogen and oxygen atoms in total. The highest BCUT2D eigenvalue weighted by Crippen LogP contribution is 2.02. The van der Waals surface area contributed by atoms with E-state index in [4.69, 9.17) is 0 Å². The first-order valence-corrected chi connectivity index (χ1v) is 2.96. The molecule has 0 aliphatic rings. The maximum Gasteiger partial charge on any atom is 0.212 e. The van der Waals surface area contributed by atoms with E-state index in [0.717, 1.165) is 0 Å². The fourth-order valence-corrected chi connectivity index (χ4v) is 0.720. The van der Waals surface area contributed by atoms with Gasteiger partial charge in [-0.3, -0.25) is 9.59 Å². The van der Waals surface area contributed by atoms with Gasteiger partial charge in [-0.2, -0.15) is 0 Å². The summed E-state index contributed by atoms with van der Waals surface area (Å²) in [6, 6.07) is 0. The second kappa shape index (κ2) is 2.96. The number of hydrogen-bond donors (Lipinski definition) is 1. The molecule has 11 heavy (non-hydrogen) atoms. The fraction of sp³-hybridized carbons (Fsp3) is 0.167. The van der Waals surface area contributed by atoms with Gasteiger partial charge in [0.05, 0.1) is 0 Å². The number of nitrogens with zero attached hydrogens (tertiary/aromatic N) is 2. The number of imidazole rings is 1. The van der Waals surface area contributed by atoms with Crippen molar-refractivity contribution in [1.82, 2.24) is 9.55 Å². The average Bonchev–Trinajstić information content (AvgIpc) is 2.32. The molecule has 0 saturated heterocycles. The number of nitrogens with one attached hydrogen (secondary N) is 1. The second-order valence-corrected chi connectivity index (χ2v) is 1.98. The molecule has 1 amide bonds. The first kappa shape index (κ1) is 7.46. The van der Waals surface area contributed by atoms with E-state index in [0.29, 0.717) is 18.5 Å². The molecule has 1 rings (SSSR count). The molecule has 0 aromatic carbocycles. The van der Waals surface area contributed by atoms with Crippen LogP contribution in [0.5, 0.6) is 0 Å². The molecule has 5 heteroatoms. The van der Waals surface area contributed by atoms with Crippen molar-refractivity contribution in [1.29, 1.82) is 0 Å². The zero-order valence-electron chi connectivity index (χ0n) is 5.94. The van der Waals surface area contributed by atoms with E-state index >= 15 is 0 Å². The van der Waals surface area contributed by atoms with Gasteiger partial charge < -0.3 is 9.88 Å². The maximum atomic E-state index is 10.2. The minimum absolute atomic E-state index is 0.286. The number of aldehydes is 1. The van der Waals surface area contributed by atoms with Crippen LogP contribution in [0.15, 0.2) is 6.20 Å². The highest BCUT2D eigenvalue weighted by molar-refractivity contribution is 5.74. The van der Waals surface area contributed by atoms with E-state index in [1.807, 2.05) is 0 Å². The number of aromatic nitrogens is 2. The monoisotopic (exact) mass is 153 g/mol. The zero-order chi connectivity index (χ0) is 8.27. The molecule has 1 N–H and O–H groups in total. The van der Waals surface area contributed by atoms with E-state index < -0.39 is 0 Å². The van der Waals surface area contributed by atoms with Crippen LogP contribution in [-0.4, -0.2) is 22.2 Å². The minimum Gasteiger partial charge on any atom is -0.330 e. The summed E-state index contributed by atoms with van der Waals surface area (Å²) >= 11 is 0. The Morgan fingerprint density at radius 1 is 1.64 bits per heavy atom. The van der Waals surface area contributed by atoms with Crippen LogP contribution in [0.25, 0.3) is 0 Å². The summed E-state index contributed by atoms with van der Waals surface area (Å²) in [5.41, 5.74) is 0. The molecule has 1 heterocycles. The molecule has 0 fully saturated rings. The Hall–Kier alpha value is -1.65. The molecule has 0 aliphatic heterocycles. The van der Waals surface area contributed by atoms with Gasteiger partial charge in [0.2, 0.25) is 6.41 Å². The zero-order valence-corrected chi connectivity index (χ0v) is 5.94. The minimum atomic E-state index is 0.286. The van der Waals surface area contributed by atoms with Crippen molar-refractivity contribution in [3.8, 4) is 0 Å². The Labute approximate surface area is 63.0 Å². The molecule has 1 aromatic heterocycles. The van der Waals surface area contributed by atoms with Gasteiger partial charge in [-0.1, -0.05) is 0 Å². The quantitative estimate of drug-likeness (QED) is 0.611. The van der Waals surface area contributed by atoms with Crippen molar-refractivity contribution in [2.45, 2.75) is 0 Å². The first-order chi connectivity index (χ1) is 5.27. The SMILES string of the molecule is Cn1cc(NC=O)nc1C=O. The van der Waals surface area contributed by atoms with Crippen LogP contribution < -0.4 is 5.32 Å². The van der Waals surface area contributed by atoms with Gasteiger partial charge >= 0.3 is 0 Å². The highest BCUT2D eigenvalue weighted by Gasteiger charge is 2.01. The fourth-order valence-electron chi connectivity index (χ4n) is 0.720. The van der Waals surface area contributed by atoms with Gasteiger partial charge in [-0.15, -0.1) is 0 Å². The molecule has 0 spiro atoms. The number of rotatable bonds is 3. The third kappa shape index (κ3) is 1.43. The van der Waals surface area contributed by atoms with Gasteiger partial charge in [0.15, 0.2) is 17.9 Å². The van der Waals surface area contributed by atoms with Gasteiger partial charge in [0.25, 0.3) is 0 Å². The summed E-state index contributed by atoms with van der Waals surface area (Å²) in [7, 11) is 1.67. The van der Waals surface area contributed by atoms with Gasteiger partial charge in [0, 0.05) is 13.2 Å². The summed E-state index contributed by atoms with van der Waals surface area (Å²) in [6.07, 6.45) is 2.69. The Morgan fingerprint density at radius 3 is 2.82 bits per heavy atom. The van der Waals surface area contributed by atoms with E-state index in [2.05, 4.69) is 10.3 Å². The number of amides is 1. The van der Waals surface area contributed by atoms with Crippen LogP contribution >= 0.6 is 0 Å². The number of carbonyl (C=O) groups excluding carboxylic acids is 2. The molecule has 58 valence electrons. The van der Waals surface area contributed by atoms with E-state index in [1.165, 1.54) is 4.57 Å². The molecular formula is C6H7N3O2. The summed E-state index contributed by atoms with van der Waals surface area (Å²) in [4.78, 5) is 24.0. The van der Waals surface area contributed by atoms with Crippen LogP contribution in [-0.2, 0) is 11.8 Å². The lowest BCUT2D eigenvalue weighted by Gasteiger charge is -1.86. The van der Waals surface area contributed by atoms with E-state index in [-0.39, 0.29) is 5.82 Å². The average molecular weight is 153 g/mol. The van der Waals surface area contributed by atoms with Crippen LogP contribution in [0.1, 0.15) is 10.6 Å². The molecular weight excluding hydrogens is 146 g/mol. The van der Waals surface area contributed by atoms with Gasteiger partial charge in [-0.25, -0.2) is 4.98 Å². The third-order valence-corrected chi connectivity index (χ3v) is 1.22. The van der Waals surface area contributed by atoms with Gasteiger partial charge in [0.1, 0.15) is 0 Å². The lowest BCUT2D eigenvalue weighted by atomic mass is 10.7. The summed E-state index contributed by atoms with van der Waals surface area (Å²) < 4.78 is 1.53. The Morgan fingerprint density at radius 2 is 2.36 bits per heavy atom. The largest absolute Gasteiger partial charge is 0.330 e. The number of aryl methyl sites for hydroxylation is 1. The smallest absolute Gasteiger partial charge is 0.212 e.